The van der Waals surface area contributed by atoms with Crippen LogP contribution in [0.25, 0.3) is 0 Å². The summed E-state index contributed by atoms with van der Waals surface area (Å²) in [6, 6.07) is 7.94. The van der Waals surface area contributed by atoms with Crippen LogP contribution in [0.5, 0.6) is 5.75 Å². The van der Waals surface area contributed by atoms with Gasteiger partial charge in [-0.05, 0) is 25.5 Å². The Bertz CT molecular complexity index is 385. The van der Waals surface area contributed by atoms with E-state index < -0.39 is 0 Å². The summed E-state index contributed by atoms with van der Waals surface area (Å²) >= 11 is 0. The molecule has 0 heterocycles. The molecular formula is C15H25ClN2O3. The lowest BCUT2D eigenvalue weighted by Gasteiger charge is -2.08. The molecule has 1 aromatic carbocycles. The zero-order valence-electron chi connectivity index (χ0n) is 12.7. The number of amides is 1. The Labute approximate surface area is 132 Å². The van der Waals surface area contributed by atoms with Crippen LogP contribution in [0.2, 0.25) is 0 Å². The number of rotatable bonds is 10. The minimum absolute atomic E-state index is 0. The molecule has 2 N–H and O–H groups in total. The average Bonchev–Trinajstić information content (AvgIpc) is 2.45. The van der Waals surface area contributed by atoms with Gasteiger partial charge in [0.05, 0.1) is 19.8 Å². The Hall–Kier alpha value is -1.30. The predicted molar refractivity (Wildman–Crippen MR) is 86.3 cm³/mol. The smallest absolute Gasteiger partial charge is 0.233 e. The monoisotopic (exact) mass is 316 g/mol. The number of ether oxygens (including phenoxy) is 2. The molecule has 0 radical (unpaired) electrons. The summed E-state index contributed by atoms with van der Waals surface area (Å²) in [6.07, 6.45) is 0.789. The Morgan fingerprint density at radius 2 is 1.86 bits per heavy atom. The molecule has 0 unspecified atom stereocenters. The maximum Gasteiger partial charge on any atom is 0.233 e. The van der Waals surface area contributed by atoms with Gasteiger partial charge in [-0.25, -0.2) is 0 Å². The van der Waals surface area contributed by atoms with Crippen molar-refractivity contribution in [2.24, 2.45) is 0 Å². The van der Waals surface area contributed by atoms with E-state index in [0.29, 0.717) is 32.8 Å². The van der Waals surface area contributed by atoms with E-state index in [4.69, 9.17) is 9.47 Å². The Morgan fingerprint density at radius 1 is 1.14 bits per heavy atom. The average molecular weight is 317 g/mol. The highest BCUT2D eigenvalue weighted by molar-refractivity contribution is 5.85. The van der Waals surface area contributed by atoms with Gasteiger partial charge < -0.3 is 20.1 Å². The molecule has 0 aliphatic heterocycles. The Morgan fingerprint density at radius 3 is 2.52 bits per heavy atom. The van der Waals surface area contributed by atoms with Gasteiger partial charge in [0.2, 0.25) is 5.91 Å². The first kappa shape index (κ1) is 19.7. The lowest BCUT2D eigenvalue weighted by Crippen LogP contribution is -2.35. The van der Waals surface area contributed by atoms with Gasteiger partial charge in [0.1, 0.15) is 5.75 Å². The number of carbonyl (C=O) groups excluding carboxylic acids is 1. The van der Waals surface area contributed by atoms with Gasteiger partial charge in [-0.3, -0.25) is 4.79 Å². The van der Waals surface area contributed by atoms with Crippen LogP contribution >= 0.6 is 12.4 Å². The van der Waals surface area contributed by atoms with Gasteiger partial charge in [-0.2, -0.15) is 0 Å². The second-order valence-corrected chi connectivity index (χ2v) is 4.53. The fraction of sp³-hybridized carbons (Fsp3) is 0.533. The molecule has 0 aliphatic rings. The van der Waals surface area contributed by atoms with Crippen molar-refractivity contribution >= 4 is 18.3 Å². The van der Waals surface area contributed by atoms with E-state index in [1.807, 2.05) is 31.2 Å². The molecular weight excluding hydrogens is 292 g/mol. The SMILES string of the molecule is COCCNCC(=O)NCCCOc1ccc(C)cc1.Cl. The second kappa shape index (κ2) is 12.4. The normalized spacial score (nSPS) is 9.81. The van der Waals surface area contributed by atoms with Crippen molar-refractivity contribution in [3.63, 3.8) is 0 Å². The van der Waals surface area contributed by atoms with Crippen molar-refractivity contribution in [2.45, 2.75) is 13.3 Å². The summed E-state index contributed by atoms with van der Waals surface area (Å²) in [4.78, 5) is 11.4. The van der Waals surface area contributed by atoms with E-state index in [0.717, 1.165) is 12.2 Å². The summed E-state index contributed by atoms with van der Waals surface area (Å²) in [5, 5.41) is 5.82. The number of aryl methyl sites for hydroxylation is 1. The van der Waals surface area contributed by atoms with Crippen LogP contribution in [0, 0.1) is 6.92 Å². The quantitative estimate of drug-likeness (QED) is 0.643. The fourth-order valence-corrected chi connectivity index (χ4v) is 1.56. The molecule has 0 saturated heterocycles. The number of hydrogen-bond acceptors (Lipinski definition) is 4. The maximum atomic E-state index is 11.4. The number of nitrogens with one attached hydrogen (secondary N) is 2. The molecule has 6 heteroatoms. The van der Waals surface area contributed by atoms with Crippen LogP contribution in [0.3, 0.4) is 0 Å². The van der Waals surface area contributed by atoms with Gasteiger partial charge in [-0.15, -0.1) is 12.4 Å². The van der Waals surface area contributed by atoms with Gasteiger partial charge in [0.25, 0.3) is 0 Å². The van der Waals surface area contributed by atoms with Gasteiger partial charge >= 0.3 is 0 Å². The molecule has 21 heavy (non-hydrogen) atoms. The second-order valence-electron chi connectivity index (χ2n) is 4.53. The number of carbonyl (C=O) groups is 1. The molecule has 0 saturated carbocycles. The molecule has 1 rings (SSSR count). The number of hydrogen-bond donors (Lipinski definition) is 2. The van der Waals surface area contributed by atoms with E-state index in [-0.39, 0.29) is 18.3 Å². The van der Waals surface area contributed by atoms with Crippen LogP contribution in [0.4, 0.5) is 0 Å². The van der Waals surface area contributed by atoms with Crippen LogP contribution < -0.4 is 15.4 Å². The highest BCUT2D eigenvalue weighted by Crippen LogP contribution is 2.11. The van der Waals surface area contributed by atoms with Gasteiger partial charge in [0.15, 0.2) is 0 Å². The molecule has 5 nitrogen and oxygen atoms in total. The van der Waals surface area contributed by atoms with Gasteiger partial charge in [-0.1, -0.05) is 17.7 Å². The summed E-state index contributed by atoms with van der Waals surface area (Å²) < 4.78 is 10.4. The molecule has 0 bridgehead atoms. The first-order valence-corrected chi connectivity index (χ1v) is 6.88. The Kier molecular flexibility index (Phi) is 11.7. The van der Waals surface area contributed by atoms with E-state index in [1.165, 1.54) is 5.56 Å². The van der Waals surface area contributed by atoms with Crippen molar-refractivity contribution in [3.8, 4) is 5.75 Å². The lowest BCUT2D eigenvalue weighted by atomic mass is 10.2. The van der Waals surface area contributed by atoms with Crippen LogP contribution in [-0.2, 0) is 9.53 Å². The maximum absolute atomic E-state index is 11.4. The molecule has 0 spiro atoms. The third-order valence-electron chi connectivity index (χ3n) is 2.70. The molecule has 0 atom stereocenters. The van der Waals surface area contributed by atoms with Crippen molar-refractivity contribution in [2.75, 3.05) is 40.0 Å². The minimum atomic E-state index is -0.00330. The highest BCUT2D eigenvalue weighted by atomic mass is 35.5. The van der Waals surface area contributed by atoms with E-state index >= 15 is 0 Å². The molecule has 0 aliphatic carbocycles. The summed E-state index contributed by atoms with van der Waals surface area (Å²) in [5.41, 5.74) is 1.21. The third-order valence-corrected chi connectivity index (χ3v) is 2.70. The standard InChI is InChI=1S/C15H24N2O3.ClH/c1-13-4-6-14(7-5-13)20-10-3-8-17-15(18)12-16-9-11-19-2;/h4-7,16H,3,8-12H2,1-2H3,(H,17,18);1H. The third kappa shape index (κ3) is 10.1. The zero-order valence-corrected chi connectivity index (χ0v) is 13.5. The molecule has 0 aromatic heterocycles. The largest absolute Gasteiger partial charge is 0.494 e. The number of benzene rings is 1. The molecule has 1 aromatic rings. The van der Waals surface area contributed by atoms with Crippen molar-refractivity contribution in [1.29, 1.82) is 0 Å². The van der Waals surface area contributed by atoms with Gasteiger partial charge in [0, 0.05) is 20.2 Å². The molecule has 1 amide bonds. The first-order chi connectivity index (χ1) is 9.72. The van der Waals surface area contributed by atoms with Crippen LogP contribution in [0.1, 0.15) is 12.0 Å². The van der Waals surface area contributed by atoms with E-state index in [2.05, 4.69) is 10.6 Å². The van der Waals surface area contributed by atoms with E-state index in [1.54, 1.807) is 7.11 Å². The zero-order chi connectivity index (χ0) is 14.6. The van der Waals surface area contributed by atoms with Crippen LogP contribution in [0.15, 0.2) is 24.3 Å². The molecule has 0 fully saturated rings. The summed E-state index contributed by atoms with van der Waals surface area (Å²) in [7, 11) is 1.63. The molecule has 120 valence electrons. The lowest BCUT2D eigenvalue weighted by molar-refractivity contribution is -0.120. The predicted octanol–water partition coefficient (Wildman–Crippen LogP) is 1.54. The number of halogens is 1. The highest BCUT2D eigenvalue weighted by Gasteiger charge is 1.99. The fourth-order valence-electron chi connectivity index (χ4n) is 1.56. The van der Waals surface area contributed by atoms with Crippen LogP contribution in [-0.4, -0.2) is 45.9 Å². The first-order valence-electron chi connectivity index (χ1n) is 6.88. The van der Waals surface area contributed by atoms with E-state index in [9.17, 15) is 4.79 Å². The minimum Gasteiger partial charge on any atom is -0.494 e. The van der Waals surface area contributed by atoms with Crippen molar-refractivity contribution in [3.05, 3.63) is 29.8 Å². The Balaban J connectivity index is 0.00000400. The summed E-state index contributed by atoms with van der Waals surface area (Å²) in [5.74, 6) is 0.861. The topological polar surface area (TPSA) is 59.6 Å². The summed E-state index contributed by atoms with van der Waals surface area (Å²) in [6.45, 7) is 4.87. The van der Waals surface area contributed by atoms with Crippen molar-refractivity contribution < 1.29 is 14.3 Å². The van der Waals surface area contributed by atoms with Crippen molar-refractivity contribution in [1.82, 2.24) is 10.6 Å². The number of methoxy groups -OCH3 is 1.